The lowest BCUT2D eigenvalue weighted by atomic mass is 9.96. The van der Waals surface area contributed by atoms with Crippen LogP contribution in [0.15, 0.2) is 12.7 Å². The third-order valence-corrected chi connectivity index (χ3v) is 2.61. The molecule has 0 radical (unpaired) electrons. The summed E-state index contributed by atoms with van der Waals surface area (Å²) in [6, 6.07) is 0. The third-order valence-electron chi connectivity index (χ3n) is 2.61. The zero-order valence-electron chi connectivity index (χ0n) is 9.13. The minimum absolute atomic E-state index is 0.341. The van der Waals surface area contributed by atoms with Crippen LogP contribution >= 0.6 is 0 Å². The van der Waals surface area contributed by atoms with Gasteiger partial charge in [0.05, 0.1) is 0 Å². The number of allylic oxidation sites excluding steroid dienone is 1. The molecule has 0 spiro atoms. The van der Waals surface area contributed by atoms with E-state index in [0.29, 0.717) is 12.5 Å². The fourth-order valence-corrected chi connectivity index (χ4v) is 1.49. The van der Waals surface area contributed by atoms with Gasteiger partial charge in [0.25, 0.3) is 0 Å². The standard InChI is InChI=1S/C12H24O/c1-4-11(2)7-5-8-12(3)9-6-10-13/h4,11-13H,1,5-10H2,2-3H3. The summed E-state index contributed by atoms with van der Waals surface area (Å²) in [6.07, 6.45) is 7.99. The molecule has 0 aliphatic rings. The Balaban J connectivity index is 3.25. The molecule has 0 rings (SSSR count). The number of aliphatic hydroxyl groups is 1. The number of rotatable bonds is 8. The summed E-state index contributed by atoms with van der Waals surface area (Å²) >= 11 is 0. The quantitative estimate of drug-likeness (QED) is 0.573. The summed E-state index contributed by atoms with van der Waals surface area (Å²) in [5.41, 5.74) is 0. The van der Waals surface area contributed by atoms with E-state index in [1.54, 1.807) is 0 Å². The molecule has 1 heteroatoms. The highest BCUT2D eigenvalue weighted by molar-refractivity contribution is 4.74. The molecule has 0 saturated heterocycles. The summed E-state index contributed by atoms with van der Waals surface area (Å²) in [5, 5.41) is 8.65. The molecule has 0 aliphatic heterocycles. The van der Waals surface area contributed by atoms with E-state index in [9.17, 15) is 0 Å². The van der Waals surface area contributed by atoms with Crippen molar-refractivity contribution >= 4 is 0 Å². The maximum absolute atomic E-state index is 8.65. The van der Waals surface area contributed by atoms with Crippen LogP contribution in [0.5, 0.6) is 0 Å². The predicted octanol–water partition coefficient (Wildman–Crippen LogP) is 3.39. The monoisotopic (exact) mass is 184 g/mol. The van der Waals surface area contributed by atoms with Gasteiger partial charge in [-0.1, -0.05) is 32.8 Å². The minimum atomic E-state index is 0.341. The van der Waals surface area contributed by atoms with Crippen molar-refractivity contribution in [2.45, 2.75) is 46.0 Å². The van der Waals surface area contributed by atoms with Crippen LogP contribution in [-0.2, 0) is 0 Å². The Kier molecular flexibility index (Phi) is 8.11. The van der Waals surface area contributed by atoms with Crippen molar-refractivity contribution in [3.05, 3.63) is 12.7 Å². The first kappa shape index (κ1) is 12.7. The van der Waals surface area contributed by atoms with Gasteiger partial charge in [0.15, 0.2) is 0 Å². The van der Waals surface area contributed by atoms with Gasteiger partial charge in [-0.15, -0.1) is 6.58 Å². The molecule has 0 saturated carbocycles. The van der Waals surface area contributed by atoms with Crippen LogP contribution in [0.2, 0.25) is 0 Å². The van der Waals surface area contributed by atoms with E-state index in [0.717, 1.165) is 12.3 Å². The summed E-state index contributed by atoms with van der Waals surface area (Å²) < 4.78 is 0. The smallest absolute Gasteiger partial charge is 0.0431 e. The van der Waals surface area contributed by atoms with Crippen molar-refractivity contribution in [2.24, 2.45) is 11.8 Å². The van der Waals surface area contributed by atoms with E-state index >= 15 is 0 Å². The van der Waals surface area contributed by atoms with Crippen LogP contribution < -0.4 is 0 Å². The molecule has 0 heterocycles. The Morgan fingerprint density at radius 3 is 2.31 bits per heavy atom. The first-order chi connectivity index (χ1) is 6.20. The van der Waals surface area contributed by atoms with Gasteiger partial charge in [-0.05, 0) is 31.1 Å². The maximum Gasteiger partial charge on any atom is 0.0431 e. The van der Waals surface area contributed by atoms with E-state index in [2.05, 4.69) is 20.4 Å². The summed E-state index contributed by atoms with van der Waals surface area (Å²) in [4.78, 5) is 0. The van der Waals surface area contributed by atoms with Crippen molar-refractivity contribution < 1.29 is 5.11 Å². The predicted molar refractivity (Wildman–Crippen MR) is 58.7 cm³/mol. The number of hydrogen-bond donors (Lipinski definition) is 1. The van der Waals surface area contributed by atoms with Gasteiger partial charge in [0, 0.05) is 6.61 Å². The zero-order chi connectivity index (χ0) is 10.1. The van der Waals surface area contributed by atoms with Crippen LogP contribution in [-0.4, -0.2) is 11.7 Å². The van der Waals surface area contributed by atoms with E-state index in [4.69, 9.17) is 5.11 Å². The molecule has 0 bridgehead atoms. The highest BCUT2D eigenvalue weighted by atomic mass is 16.2. The normalized spacial score (nSPS) is 15.3. The second-order valence-corrected chi connectivity index (χ2v) is 4.11. The van der Waals surface area contributed by atoms with Gasteiger partial charge in [-0.2, -0.15) is 0 Å². The summed E-state index contributed by atoms with van der Waals surface area (Å²) in [6.45, 7) is 8.60. The highest BCUT2D eigenvalue weighted by Gasteiger charge is 2.02. The van der Waals surface area contributed by atoms with Gasteiger partial charge < -0.3 is 5.11 Å². The molecule has 0 aromatic carbocycles. The Labute approximate surface area is 82.9 Å². The molecule has 13 heavy (non-hydrogen) atoms. The lowest BCUT2D eigenvalue weighted by molar-refractivity contribution is 0.270. The Morgan fingerprint density at radius 2 is 1.77 bits per heavy atom. The molecular formula is C12H24O. The fourth-order valence-electron chi connectivity index (χ4n) is 1.49. The number of hydrogen-bond acceptors (Lipinski definition) is 1. The van der Waals surface area contributed by atoms with Crippen molar-refractivity contribution in [2.75, 3.05) is 6.61 Å². The van der Waals surface area contributed by atoms with Crippen molar-refractivity contribution in [1.29, 1.82) is 0 Å². The van der Waals surface area contributed by atoms with Crippen molar-refractivity contribution in [1.82, 2.24) is 0 Å². The molecule has 0 amide bonds. The topological polar surface area (TPSA) is 20.2 Å². The van der Waals surface area contributed by atoms with Gasteiger partial charge in [-0.25, -0.2) is 0 Å². The van der Waals surface area contributed by atoms with Crippen LogP contribution in [0.1, 0.15) is 46.0 Å². The van der Waals surface area contributed by atoms with Gasteiger partial charge >= 0.3 is 0 Å². The molecule has 0 fully saturated rings. The lowest BCUT2D eigenvalue weighted by Gasteiger charge is -2.11. The molecule has 0 aromatic heterocycles. The maximum atomic E-state index is 8.65. The Hall–Kier alpha value is -0.300. The molecule has 1 nitrogen and oxygen atoms in total. The molecule has 2 unspecified atom stereocenters. The average molecular weight is 184 g/mol. The van der Waals surface area contributed by atoms with Crippen molar-refractivity contribution in [3.63, 3.8) is 0 Å². The SMILES string of the molecule is C=CC(C)CCCC(C)CCCO. The van der Waals surface area contributed by atoms with E-state index in [1.165, 1.54) is 25.7 Å². The van der Waals surface area contributed by atoms with E-state index < -0.39 is 0 Å². The Morgan fingerprint density at radius 1 is 1.15 bits per heavy atom. The molecule has 0 aliphatic carbocycles. The minimum Gasteiger partial charge on any atom is -0.396 e. The summed E-state index contributed by atoms with van der Waals surface area (Å²) in [5.74, 6) is 1.43. The van der Waals surface area contributed by atoms with Crippen LogP contribution in [0.25, 0.3) is 0 Å². The van der Waals surface area contributed by atoms with Crippen LogP contribution in [0.4, 0.5) is 0 Å². The van der Waals surface area contributed by atoms with Crippen LogP contribution in [0, 0.1) is 11.8 Å². The van der Waals surface area contributed by atoms with Gasteiger partial charge in [-0.3, -0.25) is 0 Å². The van der Waals surface area contributed by atoms with Crippen molar-refractivity contribution in [3.8, 4) is 0 Å². The lowest BCUT2D eigenvalue weighted by Crippen LogP contribution is -1.98. The second-order valence-electron chi connectivity index (χ2n) is 4.11. The average Bonchev–Trinajstić information content (AvgIpc) is 2.14. The van der Waals surface area contributed by atoms with Gasteiger partial charge in [0.1, 0.15) is 0 Å². The van der Waals surface area contributed by atoms with Gasteiger partial charge in [0.2, 0.25) is 0 Å². The largest absolute Gasteiger partial charge is 0.396 e. The first-order valence-electron chi connectivity index (χ1n) is 5.44. The first-order valence-corrected chi connectivity index (χ1v) is 5.44. The second kappa shape index (κ2) is 8.31. The summed E-state index contributed by atoms with van der Waals surface area (Å²) in [7, 11) is 0. The molecular weight excluding hydrogens is 160 g/mol. The number of aliphatic hydroxyl groups excluding tert-OH is 1. The molecule has 2 atom stereocenters. The van der Waals surface area contributed by atoms with Crippen LogP contribution in [0.3, 0.4) is 0 Å². The third kappa shape index (κ3) is 8.04. The fraction of sp³-hybridized carbons (Fsp3) is 0.833. The van der Waals surface area contributed by atoms with E-state index in [-0.39, 0.29) is 0 Å². The molecule has 0 aromatic rings. The Bertz CT molecular complexity index is 120. The highest BCUT2D eigenvalue weighted by Crippen LogP contribution is 2.16. The zero-order valence-corrected chi connectivity index (χ0v) is 9.13. The van der Waals surface area contributed by atoms with E-state index in [1.807, 2.05) is 6.08 Å². The molecule has 1 N–H and O–H groups in total. The molecule has 78 valence electrons.